The maximum atomic E-state index is 12.6. The third-order valence-electron chi connectivity index (χ3n) is 1.86. The van der Waals surface area contributed by atoms with Crippen LogP contribution in [0.1, 0.15) is 11.1 Å². The lowest BCUT2D eigenvalue weighted by atomic mass is 10.1. The van der Waals surface area contributed by atoms with Gasteiger partial charge in [-0.3, -0.25) is 0 Å². The fraction of sp³-hybridized carbons (Fsp3) is 0.444. The molecular formula is C9H7F6NO2. The molecule has 0 bridgehead atoms. The van der Waals surface area contributed by atoms with Crippen molar-refractivity contribution in [1.82, 2.24) is 4.98 Å². The zero-order valence-corrected chi connectivity index (χ0v) is 9.11. The Bertz CT molecular complexity index is 440. The van der Waals surface area contributed by atoms with E-state index in [9.17, 15) is 26.3 Å². The molecule has 3 nitrogen and oxygen atoms in total. The molecule has 0 fully saturated rings. The van der Waals surface area contributed by atoms with Crippen LogP contribution in [0.4, 0.5) is 26.3 Å². The van der Waals surface area contributed by atoms with Crippen LogP contribution in [-0.2, 0) is 6.18 Å². The van der Waals surface area contributed by atoms with Crippen LogP contribution in [0.2, 0.25) is 0 Å². The molecule has 0 radical (unpaired) electrons. The van der Waals surface area contributed by atoms with Gasteiger partial charge in [0.25, 0.3) is 0 Å². The average Bonchev–Trinajstić information content (AvgIpc) is 2.11. The number of methoxy groups -OCH3 is 1. The number of ether oxygens (including phenoxy) is 2. The fourth-order valence-electron chi connectivity index (χ4n) is 1.28. The Hall–Kier alpha value is -1.67. The predicted molar refractivity (Wildman–Crippen MR) is 47.2 cm³/mol. The lowest BCUT2D eigenvalue weighted by Gasteiger charge is -2.15. The van der Waals surface area contributed by atoms with E-state index in [-0.39, 0.29) is 0 Å². The van der Waals surface area contributed by atoms with Crippen LogP contribution in [0.15, 0.2) is 6.07 Å². The predicted octanol–water partition coefficient (Wildman–Crippen LogP) is 3.32. The second-order valence-electron chi connectivity index (χ2n) is 3.21. The van der Waals surface area contributed by atoms with Gasteiger partial charge in [0.1, 0.15) is 5.56 Å². The number of nitrogens with zero attached hydrogens (tertiary/aromatic N) is 1. The van der Waals surface area contributed by atoms with Crippen molar-refractivity contribution in [3.63, 3.8) is 0 Å². The largest absolute Gasteiger partial charge is 0.574 e. The number of alkyl halides is 6. The summed E-state index contributed by atoms with van der Waals surface area (Å²) in [5, 5.41) is 0. The molecule has 0 N–H and O–H groups in total. The van der Waals surface area contributed by atoms with Crippen molar-refractivity contribution in [2.24, 2.45) is 0 Å². The van der Waals surface area contributed by atoms with Crippen LogP contribution in [0.5, 0.6) is 11.8 Å². The zero-order chi connectivity index (χ0) is 14.1. The zero-order valence-electron chi connectivity index (χ0n) is 9.11. The SMILES string of the molecule is COc1nc(OC(F)(F)F)cc(C)c1C(F)(F)F. The van der Waals surface area contributed by atoms with Crippen molar-refractivity contribution >= 4 is 0 Å². The highest BCUT2D eigenvalue weighted by Crippen LogP contribution is 2.39. The van der Waals surface area contributed by atoms with Crippen LogP contribution in [0.3, 0.4) is 0 Å². The van der Waals surface area contributed by atoms with E-state index in [1.165, 1.54) is 0 Å². The number of aromatic nitrogens is 1. The number of rotatable bonds is 2. The minimum atomic E-state index is -5.04. The molecule has 0 aliphatic carbocycles. The molecule has 0 saturated heterocycles. The second kappa shape index (κ2) is 4.54. The highest BCUT2D eigenvalue weighted by Gasteiger charge is 2.39. The molecule has 102 valence electrons. The highest BCUT2D eigenvalue weighted by molar-refractivity contribution is 5.40. The summed E-state index contributed by atoms with van der Waals surface area (Å²) in [5.41, 5.74) is -1.71. The summed E-state index contributed by atoms with van der Waals surface area (Å²) < 4.78 is 81.3. The van der Waals surface area contributed by atoms with Gasteiger partial charge in [0.15, 0.2) is 0 Å². The van der Waals surface area contributed by atoms with Crippen LogP contribution < -0.4 is 9.47 Å². The van der Waals surface area contributed by atoms with E-state index in [4.69, 9.17) is 0 Å². The molecule has 9 heteroatoms. The van der Waals surface area contributed by atoms with Gasteiger partial charge in [-0.25, -0.2) is 0 Å². The van der Waals surface area contributed by atoms with Crippen LogP contribution in [-0.4, -0.2) is 18.5 Å². The van der Waals surface area contributed by atoms with Crippen molar-refractivity contribution in [2.45, 2.75) is 19.5 Å². The Morgan fingerprint density at radius 3 is 2.06 bits per heavy atom. The Morgan fingerprint density at radius 1 is 1.11 bits per heavy atom. The van der Waals surface area contributed by atoms with Gasteiger partial charge in [-0.05, 0) is 12.5 Å². The number of hydrogen-bond acceptors (Lipinski definition) is 3. The molecule has 1 heterocycles. The minimum Gasteiger partial charge on any atom is -0.480 e. The van der Waals surface area contributed by atoms with Gasteiger partial charge >= 0.3 is 12.5 Å². The van der Waals surface area contributed by atoms with Gasteiger partial charge in [-0.2, -0.15) is 18.2 Å². The van der Waals surface area contributed by atoms with Gasteiger partial charge in [-0.15, -0.1) is 13.2 Å². The monoisotopic (exact) mass is 275 g/mol. The molecular weight excluding hydrogens is 268 g/mol. The standard InChI is InChI=1S/C9H7F6NO2/c1-4-3-5(18-9(13,14)15)16-7(17-2)6(4)8(10,11)12/h3H,1-2H3. The van der Waals surface area contributed by atoms with Crippen LogP contribution >= 0.6 is 0 Å². The Morgan fingerprint density at radius 2 is 1.67 bits per heavy atom. The summed E-state index contributed by atoms with van der Waals surface area (Å²) in [6, 6.07) is 0.541. The Labute approximate surface area is 97.3 Å². The van der Waals surface area contributed by atoms with Gasteiger partial charge in [0, 0.05) is 6.07 Å². The number of hydrogen-bond donors (Lipinski definition) is 0. The first-order chi connectivity index (χ1) is 8.04. The molecule has 0 atom stereocenters. The summed E-state index contributed by atoms with van der Waals surface area (Å²) in [6.45, 7) is 0.982. The van der Waals surface area contributed by atoms with Gasteiger partial charge < -0.3 is 9.47 Å². The first-order valence-corrected chi connectivity index (χ1v) is 4.43. The minimum absolute atomic E-state index is 0.478. The molecule has 0 aromatic carbocycles. The topological polar surface area (TPSA) is 31.4 Å². The van der Waals surface area contributed by atoms with E-state index < -0.39 is 35.4 Å². The molecule has 18 heavy (non-hydrogen) atoms. The molecule has 1 aromatic heterocycles. The molecule has 0 amide bonds. The third-order valence-corrected chi connectivity index (χ3v) is 1.86. The van der Waals surface area contributed by atoms with E-state index in [0.717, 1.165) is 14.0 Å². The maximum Gasteiger partial charge on any atom is 0.574 e. The fourth-order valence-corrected chi connectivity index (χ4v) is 1.28. The number of halogens is 6. The quantitative estimate of drug-likeness (QED) is 0.776. The normalized spacial score (nSPS) is 12.4. The van der Waals surface area contributed by atoms with Gasteiger partial charge in [0.05, 0.1) is 7.11 Å². The molecule has 1 rings (SSSR count). The van der Waals surface area contributed by atoms with Crippen molar-refractivity contribution < 1.29 is 35.8 Å². The van der Waals surface area contributed by atoms with Crippen LogP contribution in [0.25, 0.3) is 0 Å². The van der Waals surface area contributed by atoms with Gasteiger partial charge in [-0.1, -0.05) is 0 Å². The van der Waals surface area contributed by atoms with E-state index in [0.29, 0.717) is 6.07 Å². The second-order valence-corrected chi connectivity index (χ2v) is 3.21. The van der Waals surface area contributed by atoms with Crippen molar-refractivity contribution in [2.75, 3.05) is 7.11 Å². The van der Waals surface area contributed by atoms with E-state index >= 15 is 0 Å². The first kappa shape index (κ1) is 14.4. The van der Waals surface area contributed by atoms with E-state index in [1.54, 1.807) is 0 Å². The average molecular weight is 275 g/mol. The van der Waals surface area contributed by atoms with E-state index in [2.05, 4.69) is 14.5 Å². The number of pyridine rings is 1. The molecule has 1 aromatic rings. The first-order valence-electron chi connectivity index (χ1n) is 4.43. The van der Waals surface area contributed by atoms with Crippen molar-refractivity contribution in [3.8, 4) is 11.8 Å². The molecule has 0 spiro atoms. The lowest BCUT2D eigenvalue weighted by molar-refractivity contribution is -0.276. The highest BCUT2D eigenvalue weighted by atomic mass is 19.4. The Balaban J connectivity index is 3.28. The van der Waals surface area contributed by atoms with Crippen molar-refractivity contribution in [1.29, 1.82) is 0 Å². The molecule has 0 saturated carbocycles. The van der Waals surface area contributed by atoms with Crippen molar-refractivity contribution in [3.05, 3.63) is 17.2 Å². The Kier molecular flexibility index (Phi) is 3.63. The summed E-state index contributed by atoms with van der Waals surface area (Å²) in [4.78, 5) is 3.02. The van der Waals surface area contributed by atoms with Gasteiger partial charge in [0.2, 0.25) is 11.8 Å². The number of aryl methyl sites for hydroxylation is 1. The lowest BCUT2D eigenvalue weighted by Crippen LogP contribution is -2.19. The summed E-state index contributed by atoms with van der Waals surface area (Å²) in [5.74, 6) is -1.98. The maximum absolute atomic E-state index is 12.6. The summed E-state index contributed by atoms with van der Waals surface area (Å²) in [7, 11) is 0.869. The third kappa shape index (κ3) is 3.41. The summed E-state index contributed by atoms with van der Waals surface area (Å²) >= 11 is 0. The molecule has 0 aliphatic heterocycles. The summed E-state index contributed by atoms with van der Waals surface area (Å²) in [6.07, 6.45) is -9.82. The van der Waals surface area contributed by atoms with E-state index in [1.807, 2.05) is 0 Å². The molecule has 0 unspecified atom stereocenters. The smallest absolute Gasteiger partial charge is 0.480 e. The van der Waals surface area contributed by atoms with Crippen LogP contribution in [0, 0.1) is 6.92 Å². The molecule has 0 aliphatic rings.